The van der Waals surface area contributed by atoms with Gasteiger partial charge in [0, 0.05) is 35.5 Å². The molecule has 0 aliphatic rings. The van der Waals surface area contributed by atoms with Gasteiger partial charge in [0.25, 0.3) is 0 Å². The van der Waals surface area contributed by atoms with Crippen LogP contribution in [0, 0.1) is 35.5 Å². The molecule has 0 aromatic heterocycles. The van der Waals surface area contributed by atoms with Gasteiger partial charge in [0.1, 0.15) is 34.7 Å². The third-order valence-corrected chi connectivity index (χ3v) is 4.91. The predicted molar refractivity (Wildman–Crippen MR) is 143 cm³/mol. The molecular formula is C27H51AlO6. The van der Waals surface area contributed by atoms with Crippen LogP contribution in [0.15, 0.2) is 0 Å². The number of hydrogen-bond acceptors (Lipinski definition) is 6. The Morgan fingerprint density at radius 3 is 0.471 bits per heavy atom. The van der Waals surface area contributed by atoms with E-state index < -0.39 is 0 Å². The number of hydrogen-bond donors (Lipinski definition) is 0. The fourth-order valence-electron chi connectivity index (χ4n) is 1.74. The molecular weight excluding hydrogens is 447 g/mol. The monoisotopic (exact) mass is 498 g/mol. The van der Waals surface area contributed by atoms with Crippen LogP contribution in [0.3, 0.4) is 0 Å². The lowest BCUT2D eigenvalue weighted by Crippen LogP contribution is -2.16. The van der Waals surface area contributed by atoms with Gasteiger partial charge in [-0.05, 0) is 0 Å². The molecule has 0 aliphatic heterocycles. The lowest BCUT2D eigenvalue weighted by Gasteiger charge is -2.04. The maximum absolute atomic E-state index is 11.0. The molecule has 6 nitrogen and oxygen atoms in total. The fraction of sp³-hybridized carbons (Fsp3) is 0.778. The highest BCUT2D eigenvalue weighted by atomic mass is 27.0. The van der Waals surface area contributed by atoms with Crippen molar-refractivity contribution in [1.29, 1.82) is 0 Å². The summed E-state index contributed by atoms with van der Waals surface area (Å²) in [5.74, 6) is 0.174. The zero-order valence-electron chi connectivity index (χ0n) is 23.0. The van der Waals surface area contributed by atoms with Crippen LogP contribution in [0.2, 0.25) is 0 Å². The quantitative estimate of drug-likeness (QED) is 0.294. The van der Waals surface area contributed by atoms with Crippen molar-refractivity contribution in [3.05, 3.63) is 0 Å². The minimum atomic E-state index is -0.0160. The van der Waals surface area contributed by atoms with Gasteiger partial charge in [0.05, 0.1) is 19.3 Å². The standard InChI is InChI=1S/3C9H16O2.Al.3H/c3*1-6(2)8(10)5-9(11)7(3)4;;;;/h3*6-7H,5H2,1-4H3;;;;. The van der Waals surface area contributed by atoms with Gasteiger partial charge < -0.3 is 0 Å². The van der Waals surface area contributed by atoms with Gasteiger partial charge >= 0.3 is 0 Å². The van der Waals surface area contributed by atoms with Crippen molar-refractivity contribution in [2.24, 2.45) is 35.5 Å². The molecule has 0 spiro atoms. The van der Waals surface area contributed by atoms with E-state index in [4.69, 9.17) is 0 Å². The van der Waals surface area contributed by atoms with Crippen molar-refractivity contribution >= 4 is 52.1 Å². The first-order valence-corrected chi connectivity index (χ1v) is 12.0. The molecule has 198 valence electrons. The van der Waals surface area contributed by atoms with E-state index in [1.807, 2.05) is 83.1 Å². The van der Waals surface area contributed by atoms with E-state index in [0.717, 1.165) is 0 Å². The average molecular weight is 499 g/mol. The maximum atomic E-state index is 11.0. The highest BCUT2D eigenvalue weighted by molar-refractivity contribution is 6.01. The fourth-order valence-corrected chi connectivity index (χ4v) is 1.74. The first-order chi connectivity index (χ1) is 14.8. The molecule has 0 radical (unpaired) electrons. The van der Waals surface area contributed by atoms with E-state index in [2.05, 4.69) is 0 Å². The van der Waals surface area contributed by atoms with Gasteiger partial charge in [-0.2, -0.15) is 0 Å². The summed E-state index contributed by atoms with van der Waals surface area (Å²) >= 11 is 0. The van der Waals surface area contributed by atoms with Crippen LogP contribution in [-0.4, -0.2) is 52.1 Å². The summed E-state index contributed by atoms with van der Waals surface area (Å²) in [7, 11) is 0. The first-order valence-electron chi connectivity index (χ1n) is 12.0. The Morgan fingerprint density at radius 1 is 0.324 bits per heavy atom. The van der Waals surface area contributed by atoms with E-state index in [1.165, 1.54) is 0 Å². The van der Waals surface area contributed by atoms with Crippen LogP contribution < -0.4 is 0 Å². The maximum Gasteiger partial charge on any atom is 0.187 e. The molecule has 0 aliphatic carbocycles. The summed E-state index contributed by atoms with van der Waals surface area (Å²) in [6, 6.07) is 0. The largest absolute Gasteiger partial charge is 0.299 e. The first kappa shape index (κ1) is 39.8. The summed E-state index contributed by atoms with van der Waals surface area (Å²) in [5, 5.41) is 0. The summed E-state index contributed by atoms with van der Waals surface area (Å²) < 4.78 is 0. The lowest BCUT2D eigenvalue weighted by atomic mass is 9.98. The summed E-state index contributed by atoms with van der Waals surface area (Å²) in [6.07, 6.45) is 0.319. The lowest BCUT2D eigenvalue weighted by molar-refractivity contribution is -0.131. The van der Waals surface area contributed by atoms with Gasteiger partial charge in [-0.1, -0.05) is 83.1 Å². The van der Waals surface area contributed by atoms with Crippen LogP contribution in [0.4, 0.5) is 0 Å². The Morgan fingerprint density at radius 2 is 0.412 bits per heavy atom. The van der Waals surface area contributed by atoms with Gasteiger partial charge in [-0.15, -0.1) is 0 Å². The van der Waals surface area contributed by atoms with Gasteiger partial charge in [0.15, 0.2) is 17.4 Å². The van der Waals surface area contributed by atoms with Crippen molar-refractivity contribution in [2.75, 3.05) is 0 Å². The SMILES string of the molecule is CC(C)C(=O)CC(=O)C(C)C.CC(C)C(=O)CC(=O)C(C)C.CC(C)C(=O)CC(=O)C(C)C.[AlH3]. The molecule has 0 heterocycles. The molecule has 0 bridgehead atoms. The molecule has 0 atom stereocenters. The van der Waals surface area contributed by atoms with Crippen molar-refractivity contribution < 1.29 is 28.8 Å². The van der Waals surface area contributed by atoms with Gasteiger partial charge in [-0.3, -0.25) is 28.8 Å². The van der Waals surface area contributed by atoms with Crippen molar-refractivity contribution in [3.63, 3.8) is 0 Å². The zero-order valence-corrected chi connectivity index (χ0v) is 23.0. The number of carbonyl (C=O) groups is 6. The van der Waals surface area contributed by atoms with E-state index >= 15 is 0 Å². The van der Waals surface area contributed by atoms with Crippen molar-refractivity contribution in [1.82, 2.24) is 0 Å². The minimum Gasteiger partial charge on any atom is -0.299 e. The Labute approximate surface area is 218 Å². The van der Waals surface area contributed by atoms with Crippen LogP contribution >= 0.6 is 0 Å². The van der Waals surface area contributed by atoms with Crippen LogP contribution in [0.1, 0.15) is 102 Å². The molecule has 0 saturated heterocycles. The summed E-state index contributed by atoms with van der Waals surface area (Å²) in [4.78, 5) is 66.2. The number of carbonyl (C=O) groups excluding carboxylic acids is 6. The second kappa shape index (κ2) is 20.9. The third-order valence-electron chi connectivity index (χ3n) is 4.91. The molecule has 0 fully saturated rings. The average Bonchev–Trinajstić information content (AvgIpc) is 2.67. The summed E-state index contributed by atoms with van der Waals surface area (Å²) in [5.41, 5.74) is 0. The number of ketones is 6. The minimum absolute atomic E-state index is 0. The zero-order chi connectivity index (χ0) is 27.0. The highest BCUT2D eigenvalue weighted by Gasteiger charge is 2.16. The predicted octanol–water partition coefficient (Wildman–Crippen LogP) is 4.30. The van der Waals surface area contributed by atoms with Crippen molar-refractivity contribution in [3.8, 4) is 0 Å². The number of Topliss-reactive ketones (excluding diaryl/α,β-unsaturated/α-hetero) is 6. The molecule has 34 heavy (non-hydrogen) atoms. The second-order valence-electron chi connectivity index (χ2n) is 10.3. The third kappa shape index (κ3) is 22.3. The smallest absolute Gasteiger partial charge is 0.187 e. The highest BCUT2D eigenvalue weighted by Crippen LogP contribution is 2.06. The van der Waals surface area contributed by atoms with Crippen molar-refractivity contribution in [2.45, 2.75) is 102 Å². The van der Waals surface area contributed by atoms with Gasteiger partial charge in [-0.25, -0.2) is 0 Å². The molecule has 0 N–H and O–H groups in total. The molecule has 0 unspecified atom stereocenters. The normalized spacial score (nSPS) is 10.4. The Bertz CT molecular complexity index is 514. The molecule has 0 rings (SSSR count). The van der Waals surface area contributed by atoms with E-state index in [0.29, 0.717) is 0 Å². The van der Waals surface area contributed by atoms with E-state index in [-0.39, 0.29) is 107 Å². The Balaban J connectivity index is -0.000000196. The van der Waals surface area contributed by atoms with E-state index in [9.17, 15) is 28.8 Å². The van der Waals surface area contributed by atoms with Crippen LogP contribution in [-0.2, 0) is 28.8 Å². The van der Waals surface area contributed by atoms with Crippen LogP contribution in [0.25, 0.3) is 0 Å². The Kier molecular flexibility index (Phi) is 24.4. The molecule has 0 saturated carbocycles. The van der Waals surface area contributed by atoms with Crippen LogP contribution in [0.5, 0.6) is 0 Å². The summed E-state index contributed by atoms with van der Waals surface area (Å²) in [6.45, 7) is 21.8. The second-order valence-corrected chi connectivity index (χ2v) is 10.3. The topological polar surface area (TPSA) is 102 Å². The van der Waals surface area contributed by atoms with Gasteiger partial charge in [0.2, 0.25) is 0 Å². The molecule has 0 aromatic carbocycles. The number of rotatable bonds is 12. The molecule has 7 heteroatoms. The molecule has 0 amide bonds. The Hall–Kier alpha value is -1.45. The molecule has 0 aromatic rings. The van der Waals surface area contributed by atoms with E-state index in [1.54, 1.807) is 0 Å².